The van der Waals surface area contributed by atoms with Crippen molar-refractivity contribution in [2.75, 3.05) is 11.6 Å². The topological polar surface area (TPSA) is 114 Å². The summed E-state index contributed by atoms with van der Waals surface area (Å²) in [5, 5.41) is 12.3. The Morgan fingerprint density at radius 2 is 2.00 bits per heavy atom. The van der Waals surface area contributed by atoms with Crippen LogP contribution in [0.15, 0.2) is 66.0 Å². The van der Waals surface area contributed by atoms with Gasteiger partial charge in [-0.2, -0.15) is 0 Å². The molecular weight excluding hydrogens is 386 g/mol. The Labute approximate surface area is 173 Å². The van der Waals surface area contributed by atoms with Gasteiger partial charge in [0, 0.05) is 23.7 Å². The van der Waals surface area contributed by atoms with Gasteiger partial charge in [0.25, 0.3) is 0 Å². The summed E-state index contributed by atoms with van der Waals surface area (Å²) >= 11 is 1.42. The molecule has 0 saturated carbocycles. The molecule has 4 N–H and O–H groups in total. The predicted octanol–water partition coefficient (Wildman–Crippen LogP) is 4.40. The average Bonchev–Trinajstić information content (AvgIpc) is 2.72. The molecule has 1 aromatic heterocycles. The lowest BCUT2D eigenvalue weighted by Crippen LogP contribution is -2.16. The molecule has 0 aliphatic heterocycles. The molecule has 3 rings (SSSR count). The molecule has 0 atom stereocenters. The van der Waals surface area contributed by atoms with Crippen LogP contribution in [-0.4, -0.2) is 28.0 Å². The minimum Gasteiger partial charge on any atom is -0.410 e. The molecule has 0 spiro atoms. The number of nitrogens with two attached hydrogens (primary N) is 1. The van der Waals surface area contributed by atoms with E-state index in [0.29, 0.717) is 40.1 Å². The number of nitrogens with zero attached hydrogens (tertiary/aromatic N) is 2. The van der Waals surface area contributed by atoms with Crippen LogP contribution in [0.1, 0.15) is 17.5 Å². The van der Waals surface area contributed by atoms with Crippen LogP contribution in [-0.2, 0) is 6.42 Å². The highest BCUT2D eigenvalue weighted by Gasteiger charge is 2.13. The molecule has 29 heavy (non-hydrogen) atoms. The van der Waals surface area contributed by atoms with E-state index in [4.69, 9.17) is 15.9 Å². The summed E-state index contributed by atoms with van der Waals surface area (Å²) in [6.45, 7) is 0. The second-order valence-electron chi connectivity index (χ2n) is 6.16. The maximum absolute atomic E-state index is 11.0. The highest BCUT2D eigenvalue weighted by Crippen LogP contribution is 2.25. The Morgan fingerprint density at radius 3 is 2.72 bits per heavy atom. The van der Waals surface area contributed by atoms with Crippen LogP contribution < -0.4 is 15.8 Å². The second kappa shape index (κ2) is 9.70. The van der Waals surface area contributed by atoms with Gasteiger partial charge in [-0.15, -0.1) is 0 Å². The molecule has 7 nitrogen and oxygen atoms in total. The normalized spacial score (nSPS) is 10.4. The largest absolute Gasteiger partial charge is 0.410 e. The molecule has 0 aliphatic rings. The zero-order valence-corrected chi connectivity index (χ0v) is 16.7. The molecule has 148 valence electrons. The minimum absolute atomic E-state index is 0.322. The van der Waals surface area contributed by atoms with Crippen molar-refractivity contribution in [3.05, 3.63) is 71.9 Å². The number of primary amides is 1. The fourth-order valence-electron chi connectivity index (χ4n) is 2.72. The number of carbonyl (C=O) groups is 1. The van der Waals surface area contributed by atoms with E-state index in [2.05, 4.69) is 15.3 Å². The van der Waals surface area contributed by atoms with Gasteiger partial charge in [0.1, 0.15) is 11.6 Å². The maximum Gasteiger partial charge on any atom is 0.409 e. The monoisotopic (exact) mass is 407 g/mol. The number of anilines is 2. The van der Waals surface area contributed by atoms with E-state index >= 15 is 0 Å². The van der Waals surface area contributed by atoms with Crippen LogP contribution in [0.5, 0.6) is 5.75 Å². The first kappa shape index (κ1) is 20.3. The van der Waals surface area contributed by atoms with Crippen molar-refractivity contribution < 1.29 is 9.53 Å². The van der Waals surface area contributed by atoms with Crippen molar-refractivity contribution in [1.29, 1.82) is 5.41 Å². The molecule has 0 saturated heterocycles. The number of aryl methyl sites for hydroxylation is 1. The van der Waals surface area contributed by atoms with Crippen molar-refractivity contribution >= 4 is 35.1 Å². The second-order valence-corrected chi connectivity index (χ2v) is 6.93. The van der Waals surface area contributed by atoms with E-state index in [1.54, 1.807) is 24.4 Å². The Morgan fingerprint density at radius 1 is 1.21 bits per heavy atom. The Balaban J connectivity index is 1.82. The van der Waals surface area contributed by atoms with Gasteiger partial charge >= 0.3 is 6.09 Å². The molecule has 0 fully saturated rings. The number of amides is 1. The predicted molar refractivity (Wildman–Crippen MR) is 115 cm³/mol. The van der Waals surface area contributed by atoms with Crippen molar-refractivity contribution in [3.8, 4) is 5.75 Å². The van der Waals surface area contributed by atoms with Crippen LogP contribution in [0.25, 0.3) is 0 Å². The van der Waals surface area contributed by atoms with Gasteiger partial charge < -0.3 is 21.2 Å². The third kappa shape index (κ3) is 5.79. The fourth-order valence-corrected chi connectivity index (χ4v) is 3.06. The summed E-state index contributed by atoms with van der Waals surface area (Å²) in [5.74, 6) is 0.848. The van der Waals surface area contributed by atoms with Crippen LogP contribution in [0.2, 0.25) is 0 Å². The first-order valence-corrected chi connectivity index (χ1v) is 10.1. The summed E-state index contributed by atoms with van der Waals surface area (Å²) in [7, 11) is 0. The molecule has 0 aliphatic carbocycles. The third-order valence-electron chi connectivity index (χ3n) is 4.10. The first-order valence-electron chi connectivity index (χ1n) is 8.92. The third-order valence-corrected chi connectivity index (χ3v) is 4.66. The molecule has 2 aromatic carbocycles. The highest BCUT2D eigenvalue weighted by atomic mass is 32.2. The lowest BCUT2D eigenvalue weighted by molar-refractivity contribution is 0.211. The Kier molecular flexibility index (Phi) is 6.80. The zero-order valence-electron chi connectivity index (χ0n) is 15.9. The number of aromatic nitrogens is 2. The van der Waals surface area contributed by atoms with Gasteiger partial charge in [0.05, 0.1) is 5.56 Å². The number of thioether (sulfide) groups is 1. The van der Waals surface area contributed by atoms with Crippen LogP contribution in [0.3, 0.4) is 0 Å². The maximum atomic E-state index is 11.0. The first-order chi connectivity index (χ1) is 14.0. The standard InChI is InChI=1S/C21H21N5O2S/c1-29-21-24-13-17(18(22)11-10-14-6-3-2-4-7-14)19(26-21)25-15-8-5-9-16(12-15)28-20(23)27/h2-9,12-13,22H,10-11H2,1H3,(H2,23,27)(H,24,25,26). The molecule has 0 unspecified atom stereocenters. The summed E-state index contributed by atoms with van der Waals surface area (Å²) in [6.07, 6.45) is 3.99. The number of rotatable bonds is 8. The quantitative estimate of drug-likeness (QED) is 0.290. The summed E-state index contributed by atoms with van der Waals surface area (Å²) in [4.78, 5) is 19.8. The molecule has 0 bridgehead atoms. The molecule has 8 heteroatoms. The lowest BCUT2D eigenvalue weighted by Gasteiger charge is -2.13. The van der Waals surface area contributed by atoms with Gasteiger partial charge in [-0.1, -0.05) is 48.2 Å². The van der Waals surface area contributed by atoms with E-state index in [0.717, 1.165) is 6.42 Å². The van der Waals surface area contributed by atoms with Crippen molar-refractivity contribution in [1.82, 2.24) is 9.97 Å². The molecule has 1 amide bonds. The summed E-state index contributed by atoms with van der Waals surface area (Å²) < 4.78 is 4.92. The molecule has 0 radical (unpaired) electrons. The molecule has 3 aromatic rings. The van der Waals surface area contributed by atoms with E-state index in [1.807, 2.05) is 42.7 Å². The SMILES string of the molecule is CSc1ncc(C(=N)CCc2ccccc2)c(Nc2cccc(OC(N)=O)c2)n1. The van der Waals surface area contributed by atoms with E-state index in [-0.39, 0.29) is 0 Å². The zero-order chi connectivity index (χ0) is 20.6. The van der Waals surface area contributed by atoms with Gasteiger partial charge in [0.15, 0.2) is 5.16 Å². The van der Waals surface area contributed by atoms with Crippen LogP contribution >= 0.6 is 11.8 Å². The van der Waals surface area contributed by atoms with E-state index in [9.17, 15) is 4.79 Å². The molecule has 1 heterocycles. The summed E-state index contributed by atoms with van der Waals surface area (Å²) in [5.41, 5.74) is 7.97. The van der Waals surface area contributed by atoms with Crippen molar-refractivity contribution in [2.45, 2.75) is 18.0 Å². The number of nitrogens with one attached hydrogen (secondary N) is 2. The van der Waals surface area contributed by atoms with Gasteiger partial charge in [-0.05, 0) is 36.8 Å². The van der Waals surface area contributed by atoms with Gasteiger partial charge in [-0.3, -0.25) is 0 Å². The highest BCUT2D eigenvalue weighted by molar-refractivity contribution is 7.98. The fraction of sp³-hybridized carbons (Fsp3) is 0.143. The van der Waals surface area contributed by atoms with Gasteiger partial charge in [-0.25, -0.2) is 14.8 Å². The Bertz CT molecular complexity index is 1010. The number of carbonyl (C=O) groups excluding carboxylic acids is 1. The van der Waals surface area contributed by atoms with Crippen LogP contribution in [0.4, 0.5) is 16.3 Å². The van der Waals surface area contributed by atoms with Crippen molar-refractivity contribution in [3.63, 3.8) is 0 Å². The van der Waals surface area contributed by atoms with E-state index < -0.39 is 6.09 Å². The minimum atomic E-state index is -0.878. The number of ether oxygens (including phenoxy) is 1. The smallest absolute Gasteiger partial charge is 0.409 e. The Hall–Kier alpha value is -3.39. The lowest BCUT2D eigenvalue weighted by atomic mass is 10.0. The number of hydrogen-bond donors (Lipinski definition) is 3. The number of hydrogen-bond acceptors (Lipinski definition) is 7. The van der Waals surface area contributed by atoms with Gasteiger partial charge in [0.2, 0.25) is 0 Å². The van der Waals surface area contributed by atoms with E-state index in [1.165, 1.54) is 17.3 Å². The van der Waals surface area contributed by atoms with Crippen molar-refractivity contribution in [2.24, 2.45) is 5.73 Å². The summed E-state index contributed by atoms with van der Waals surface area (Å²) in [6, 6.07) is 16.9. The molecular formula is C21H21N5O2S. The number of benzene rings is 2. The average molecular weight is 407 g/mol. The van der Waals surface area contributed by atoms with Crippen LogP contribution in [0, 0.1) is 5.41 Å².